The number of rotatable bonds is 3. The summed E-state index contributed by atoms with van der Waals surface area (Å²) < 4.78 is 37.7. The summed E-state index contributed by atoms with van der Waals surface area (Å²) in [6, 6.07) is 5.65. The molecule has 0 amide bonds. The zero-order chi connectivity index (χ0) is 14.0. The van der Waals surface area contributed by atoms with Gasteiger partial charge in [-0.3, -0.25) is 4.90 Å². The second-order valence-corrected chi connectivity index (χ2v) is 4.98. The fourth-order valence-corrected chi connectivity index (χ4v) is 2.88. The Morgan fingerprint density at radius 1 is 1.26 bits per heavy atom. The highest BCUT2D eigenvalue weighted by Gasteiger charge is 2.34. The van der Waals surface area contributed by atoms with Crippen LogP contribution in [0.4, 0.5) is 13.2 Å². The van der Waals surface area contributed by atoms with Crippen molar-refractivity contribution >= 4 is 0 Å². The van der Waals surface area contributed by atoms with E-state index in [9.17, 15) is 13.2 Å². The molecule has 0 spiro atoms. The maximum absolute atomic E-state index is 12.6. The summed E-state index contributed by atoms with van der Waals surface area (Å²) in [5.41, 5.74) is 6.11. The number of nitrogens with zero attached hydrogens (tertiary/aromatic N) is 1. The lowest BCUT2D eigenvalue weighted by atomic mass is 9.93. The smallest absolute Gasteiger partial charge is 0.330 e. The van der Waals surface area contributed by atoms with Crippen LogP contribution in [0.5, 0.6) is 0 Å². The Morgan fingerprint density at radius 2 is 1.89 bits per heavy atom. The molecule has 1 aromatic rings. The van der Waals surface area contributed by atoms with Crippen LogP contribution in [0.3, 0.4) is 0 Å². The van der Waals surface area contributed by atoms with Crippen LogP contribution in [-0.4, -0.2) is 24.5 Å². The van der Waals surface area contributed by atoms with E-state index in [1.54, 1.807) is 12.1 Å². The second-order valence-electron chi connectivity index (χ2n) is 4.98. The largest absolute Gasteiger partial charge is 0.416 e. The molecule has 2 unspecified atom stereocenters. The number of halogens is 3. The Balaban J connectivity index is 2.25. The molecule has 1 aliphatic heterocycles. The molecule has 1 heterocycles. The van der Waals surface area contributed by atoms with Crippen molar-refractivity contribution < 1.29 is 13.2 Å². The van der Waals surface area contributed by atoms with E-state index >= 15 is 0 Å². The van der Waals surface area contributed by atoms with Gasteiger partial charge in [-0.1, -0.05) is 19.1 Å². The van der Waals surface area contributed by atoms with Gasteiger partial charge in [0.15, 0.2) is 0 Å². The van der Waals surface area contributed by atoms with Crippen molar-refractivity contribution in [3.05, 3.63) is 35.4 Å². The summed E-state index contributed by atoms with van der Waals surface area (Å²) in [6.07, 6.45) is -3.26. The Morgan fingerprint density at radius 3 is 2.37 bits per heavy atom. The zero-order valence-corrected chi connectivity index (χ0v) is 11.0. The summed E-state index contributed by atoms with van der Waals surface area (Å²) in [6.45, 7) is 4.49. The van der Waals surface area contributed by atoms with Gasteiger partial charge >= 0.3 is 6.18 Å². The minimum absolute atomic E-state index is 0.150. The number of alkyl halides is 3. The molecule has 0 bridgehead atoms. The van der Waals surface area contributed by atoms with Crippen molar-refractivity contribution in [3.63, 3.8) is 0 Å². The van der Waals surface area contributed by atoms with Crippen molar-refractivity contribution in [3.8, 4) is 0 Å². The van der Waals surface area contributed by atoms with E-state index < -0.39 is 11.7 Å². The van der Waals surface area contributed by atoms with Crippen LogP contribution in [0.2, 0.25) is 0 Å². The van der Waals surface area contributed by atoms with Gasteiger partial charge in [-0.2, -0.15) is 13.2 Å². The third-order valence-corrected chi connectivity index (χ3v) is 3.92. The quantitative estimate of drug-likeness (QED) is 0.916. The first kappa shape index (κ1) is 14.3. The van der Waals surface area contributed by atoms with Gasteiger partial charge in [0.25, 0.3) is 0 Å². The number of likely N-dealkylation sites (tertiary alicyclic amines) is 1. The highest BCUT2D eigenvalue weighted by molar-refractivity contribution is 5.28. The topological polar surface area (TPSA) is 29.3 Å². The highest BCUT2D eigenvalue weighted by atomic mass is 19.4. The van der Waals surface area contributed by atoms with E-state index in [1.165, 1.54) is 0 Å². The van der Waals surface area contributed by atoms with Crippen LogP contribution in [0.25, 0.3) is 0 Å². The van der Waals surface area contributed by atoms with Crippen molar-refractivity contribution in [1.29, 1.82) is 0 Å². The molecular formula is C14H19F3N2. The molecule has 2 rings (SSSR count). The molecule has 1 aromatic carbocycles. The van der Waals surface area contributed by atoms with Gasteiger partial charge in [-0.15, -0.1) is 0 Å². The van der Waals surface area contributed by atoms with E-state index in [2.05, 4.69) is 11.8 Å². The molecule has 5 heteroatoms. The van der Waals surface area contributed by atoms with E-state index in [-0.39, 0.29) is 6.04 Å². The zero-order valence-electron chi connectivity index (χ0n) is 11.0. The molecule has 0 saturated carbocycles. The van der Waals surface area contributed by atoms with E-state index in [4.69, 9.17) is 5.73 Å². The minimum atomic E-state index is -4.27. The maximum atomic E-state index is 12.6. The van der Waals surface area contributed by atoms with Crippen molar-refractivity contribution in [2.24, 2.45) is 11.7 Å². The molecule has 1 fully saturated rings. The Bertz CT molecular complexity index is 402. The molecule has 0 aromatic heterocycles. The van der Waals surface area contributed by atoms with Crippen molar-refractivity contribution in [2.45, 2.75) is 25.6 Å². The third kappa shape index (κ3) is 2.92. The minimum Gasteiger partial charge on any atom is -0.330 e. The average Bonchev–Trinajstić information content (AvgIpc) is 2.80. The standard InChI is InChI=1S/C14H19F3N2/c1-2-19-8-7-11(9-18)13(19)10-3-5-12(6-4-10)14(15,16)17/h3-6,11,13H,2,7-9,18H2,1H3. The Hall–Kier alpha value is -1.07. The Labute approximate surface area is 111 Å². The van der Waals surface area contributed by atoms with E-state index in [0.29, 0.717) is 12.5 Å². The molecule has 0 aliphatic carbocycles. The van der Waals surface area contributed by atoms with Crippen LogP contribution >= 0.6 is 0 Å². The average molecular weight is 272 g/mol. The van der Waals surface area contributed by atoms with Crippen LogP contribution < -0.4 is 5.73 Å². The summed E-state index contributed by atoms with van der Waals surface area (Å²) in [7, 11) is 0. The predicted molar refractivity (Wildman–Crippen MR) is 68.6 cm³/mol. The molecule has 2 nitrogen and oxygen atoms in total. The summed E-state index contributed by atoms with van der Waals surface area (Å²) in [4.78, 5) is 2.28. The predicted octanol–water partition coefficient (Wildman–Crippen LogP) is 3.05. The van der Waals surface area contributed by atoms with E-state index in [0.717, 1.165) is 37.2 Å². The number of nitrogens with two attached hydrogens (primary N) is 1. The molecule has 106 valence electrons. The first-order valence-electron chi connectivity index (χ1n) is 6.58. The van der Waals surface area contributed by atoms with E-state index in [1.807, 2.05) is 0 Å². The number of hydrogen-bond donors (Lipinski definition) is 1. The molecule has 2 N–H and O–H groups in total. The van der Waals surface area contributed by atoms with Crippen molar-refractivity contribution in [1.82, 2.24) is 4.90 Å². The normalized spacial score (nSPS) is 24.9. The Kier molecular flexibility index (Phi) is 4.16. The lowest BCUT2D eigenvalue weighted by Gasteiger charge is -2.27. The van der Waals surface area contributed by atoms with Gasteiger partial charge in [0, 0.05) is 6.04 Å². The lowest BCUT2D eigenvalue weighted by molar-refractivity contribution is -0.137. The molecular weight excluding hydrogens is 253 g/mol. The van der Waals surface area contributed by atoms with Crippen molar-refractivity contribution in [2.75, 3.05) is 19.6 Å². The number of benzene rings is 1. The second kappa shape index (κ2) is 5.51. The van der Waals surface area contributed by atoms with Crippen LogP contribution in [-0.2, 0) is 6.18 Å². The summed E-state index contributed by atoms with van der Waals surface area (Å²) in [5.74, 6) is 0.330. The van der Waals surface area contributed by atoms with Gasteiger partial charge in [0.05, 0.1) is 5.56 Å². The van der Waals surface area contributed by atoms with Crippen LogP contribution in [0.1, 0.15) is 30.5 Å². The van der Waals surface area contributed by atoms with Crippen LogP contribution in [0, 0.1) is 5.92 Å². The fourth-order valence-electron chi connectivity index (χ4n) is 2.88. The fraction of sp³-hybridized carbons (Fsp3) is 0.571. The first-order valence-corrected chi connectivity index (χ1v) is 6.58. The third-order valence-electron chi connectivity index (χ3n) is 3.92. The van der Waals surface area contributed by atoms with Gasteiger partial charge < -0.3 is 5.73 Å². The SMILES string of the molecule is CCN1CCC(CN)C1c1ccc(C(F)(F)F)cc1. The first-order chi connectivity index (χ1) is 8.97. The van der Waals surface area contributed by atoms with Gasteiger partial charge in [0.2, 0.25) is 0 Å². The molecule has 19 heavy (non-hydrogen) atoms. The maximum Gasteiger partial charge on any atom is 0.416 e. The van der Waals surface area contributed by atoms with Gasteiger partial charge in [0.1, 0.15) is 0 Å². The van der Waals surface area contributed by atoms with Gasteiger partial charge in [-0.05, 0) is 49.7 Å². The molecule has 2 atom stereocenters. The lowest BCUT2D eigenvalue weighted by Crippen LogP contribution is -2.28. The highest BCUT2D eigenvalue weighted by Crippen LogP contribution is 2.37. The monoisotopic (exact) mass is 272 g/mol. The molecule has 0 radical (unpaired) electrons. The summed E-state index contributed by atoms with van der Waals surface area (Å²) in [5, 5.41) is 0. The molecule has 1 aliphatic rings. The molecule has 1 saturated heterocycles. The number of hydrogen-bond acceptors (Lipinski definition) is 2. The summed E-state index contributed by atoms with van der Waals surface area (Å²) >= 11 is 0. The van der Waals surface area contributed by atoms with Crippen LogP contribution in [0.15, 0.2) is 24.3 Å². The van der Waals surface area contributed by atoms with Gasteiger partial charge in [-0.25, -0.2) is 0 Å².